The third-order valence-electron chi connectivity index (χ3n) is 4.11. The average Bonchev–Trinajstić information content (AvgIpc) is 2.89. The van der Waals surface area contributed by atoms with Gasteiger partial charge in [-0.3, -0.25) is 4.79 Å². The minimum absolute atomic E-state index is 0.152. The van der Waals surface area contributed by atoms with Crippen molar-refractivity contribution in [2.24, 2.45) is 0 Å². The molecule has 7 heteroatoms. The van der Waals surface area contributed by atoms with E-state index >= 15 is 0 Å². The number of rotatable bonds is 6. The van der Waals surface area contributed by atoms with Crippen LogP contribution in [0.3, 0.4) is 0 Å². The van der Waals surface area contributed by atoms with Crippen LogP contribution in [0.1, 0.15) is 11.1 Å². The molecule has 2 aromatic rings. The fraction of sp³-hybridized carbons (Fsp3) is 0.278. The highest BCUT2D eigenvalue weighted by Gasteiger charge is 2.37. The summed E-state index contributed by atoms with van der Waals surface area (Å²) in [5.74, 6) is -0.297. The van der Waals surface area contributed by atoms with Crippen LogP contribution in [0.15, 0.2) is 60.7 Å². The molecule has 6 nitrogen and oxygen atoms in total. The Labute approximate surface area is 148 Å². The van der Waals surface area contributed by atoms with E-state index < -0.39 is 10.2 Å². The summed E-state index contributed by atoms with van der Waals surface area (Å²) in [6, 6.07) is 19.0. The van der Waals surface area contributed by atoms with Crippen molar-refractivity contribution < 1.29 is 13.2 Å². The van der Waals surface area contributed by atoms with Crippen molar-refractivity contribution in [2.45, 2.75) is 13.1 Å². The summed E-state index contributed by atoms with van der Waals surface area (Å²) >= 11 is 0. The third-order valence-corrected chi connectivity index (χ3v) is 6.03. The molecular formula is C18H21N3O3S. The predicted octanol–water partition coefficient (Wildman–Crippen LogP) is 1.37. The Morgan fingerprint density at radius 2 is 1.44 bits per heavy atom. The lowest BCUT2D eigenvalue weighted by Gasteiger charge is -2.18. The molecule has 1 aliphatic heterocycles. The molecule has 132 valence electrons. The van der Waals surface area contributed by atoms with Crippen LogP contribution in [0.2, 0.25) is 0 Å². The van der Waals surface area contributed by atoms with E-state index in [0.29, 0.717) is 26.2 Å². The van der Waals surface area contributed by atoms with Crippen LogP contribution in [0, 0.1) is 0 Å². The van der Waals surface area contributed by atoms with Gasteiger partial charge in [-0.25, -0.2) is 0 Å². The van der Waals surface area contributed by atoms with Crippen LogP contribution >= 0.6 is 0 Å². The SMILES string of the molecule is O=C(CN1CCN(Cc2ccccc2)S1(=O)=O)NCc1ccccc1. The zero-order valence-corrected chi connectivity index (χ0v) is 14.7. The summed E-state index contributed by atoms with van der Waals surface area (Å²) in [7, 11) is -3.60. The van der Waals surface area contributed by atoms with Crippen LogP contribution in [0.4, 0.5) is 0 Å². The van der Waals surface area contributed by atoms with Gasteiger partial charge >= 0.3 is 0 Å². The maximum Gasteiger partial charge on any atom is 0.282 e. The zero-order valence-electron chi connectivity index (χ0n) is 13.8. The summed E-state index contributed by atoms with van der Waals surface area (Å²) in [6.45, 7) is 1.28. The molecule has 0 aliphatic carbocycles. The molecule has 1 amide bonds. The van der Waals surface area contributed by atoms with Gasteiger partial charge in [-0.05, 0) is 11.1 Å². The molecule has 0 radical (unpaired) electrons. The molecule has 3 rings (SSSR count). The molecule has 0 atom stereocenters. The van der Waals surface area contributed by atoms with Crippen molar-refractivity contribution in [3.63, 3.8) is 0 Å². The molecule has 1 aliphatic rings. The van der Waals surface area contributed by atoms with Gasteiger partial charge in [0.15, 0.2) is 0 Å². The van der Waals surface area contributed by atoms with Crippen LogP contribution < -0.4 is 5.32 Å². The minimum atomic E-state index is -3.60. The van der Waals surface area contributed by atoms with E-state index in [1.165, 1.54) is 8.61 Å². The molecule has 0 saturated carbocycles. The lowest BCUT2D eigenvalue weighted by atomic mass is 10.2. The van der Waals surface area contributed by atoms with Crippen LogP contribution in [-0.4, -0.2) is 42.6 Å². The number of carbonyl (C=O) groups excluding carboxylic acids is 1. The fourth-order valence-electron chi connectivity index (χ4n) is 2.74. The van der Waals surface area contributed by atoms with Crippen LogP contribution in [0.5, 0.6) is 0 Å². The van der Waals surface area contributed by atoms with Gasteiger partial charge in [0.05, 0.1) is 6.54 Å². The summed E-state index contributed by atoms with van der Waals surface area (Å²) in [6.07, 6.45) is 0. The topological polar surface area (TPSA) is 69.7 Å². The Hall–Kier alpha value is -2.22. The number of amides is 1. The average molecular weight is 359 g/mol. The molecule has 2 aromatic carbocycles. The molecule has 0 spiro atoms. The van der Waals surface area contributed by atoms with Gasteiger partial charge in [-0.1, -0.05) is 60.7 Å². The van der Waals surface area contributed by atoms with E-state index in [1.807, 2.05) is 60.7 Å². The van der Waals surface area contributed by atoms with Crippen molar-refractivity contribution >= 4 is 16.1 Å². The lowest BCUT2D eigenvalue weighted by Crippen LogP contribution is -2.40. The number of hydrogen-bond acceptors (Lipinski definition) is 3. The maximum absolute atomic E-state index is 12.6. The smallest absolute Gasteiger partial charge is 0.282 e. The highest BCUT2D eigenvalue weighted by Crippen LogP contribution is 2.19. The highest BCUT2D eigenvalue weighted by molar-refractivity contribution is 7.87. The van der Waals surface area contributed by atoms with Gasteiger partial charge in [0.2, 0.25) is 5.91 Å². The van der Waals surface area contributed by atoms with Crippen molar-refractivity contribution in [3.05, 3.63) is 71.8 Å². The van der Waals surface area contributed by atoms with Gasteiger partial charge in [0, 0.05) is 26.2 Å². The van der Waals surface area contributed by atoms with Crippen LogP contribution in [0.25, 0.3) is 0 Å². The summed E-state index contributed by atoms with van der Waals surface area (Å²) in [4.78, 5) is 12.1. The molecule has 1 fully saturated rings. The first-order valence-electron chi connectivity index (χ1n) is 8.15. The number of nitrogens with one attached hydrogen (secondary N) is 1. The van der Waals surface area contributed by atoms with Gasteiger partial charge in [-0.2, -0.15) is 17.0 Å². The van der Waals surface area contributed by atoms with E-state index in [9.17, 15) is 13.2 Å². The Balaban J connectivity index is 1.55. The number of carbonyl (C=O) groups is 1. The quantitative estimate of drug-likeness (QED) is 0.847. The van der Waals surface area contributed by atoms with Gasteiger partial charge in [0.1, 0.15) is 0 Å². The lowest BCUT2D eigenvalue weighted by molar-refractivity contribution is -0.121. The molecule has 1 N–H and O–H groups in total. The van der Waals surface area contributed by atoms with E-state index in [4.69, 9.17) is 0 Å². The highest BCUT2D eigenvalue weighted by atomic mass is 32.2. The fourth-order valence-corrected chi connectivity index (χ4v) is 4.28. The van der Waals surface area contributed by atoms with Gasteiger partial charge in [-0.15, -0.1) is 0 Å². The van der Waals surface area contributed by atoms with Crippen molar-refractivity contribution in [1.82, 2.24) is 13.9 Å². The minimum Gasteiger partial charge on any atom is -0.351 e. The van der Waals surface area contributed by atoms with Crippen LogP contribution in [-0.2, 0) is 28.1 Å². The van der Waals surface area contributed by atoms with E-state index in [0.717, 1.165) is 11.1 Å². The standard InChI is InChI=1S/C18H21N3O3S/c22-18(19-13-16-7-3-1-4-8-16)15-21-12-11-20(25(21,23)24)14-17-9-5-2-6-10-17/h1-10H,11-15H2,(H,19,22). The largest absolute Gasteiger partial charge is 0.351 e. The van der Waals surface area contributed by atoms with Gasteiger partial charge < -0.3 is 5.32 Å². The van der Waals surface area contributed by atoms with Crippen molar-refractivity contribution in [1.29, 1.82) is 0 Å². The first-order valence-corrected chi connectivity index (χ1v) is 9.55. The molecular weight excluding hydrogens is 338 g/mol. The zero-order chi connectivity index (χ0) is 17.7. The second-order valence-electron chi connectivity index (χ2n) is 5.92. The predicted molar refractivity (Wildman–Crippen MR) is 95.6 cm³/mol. The molecule has 1 heterocycles. The third kappa shape index (κ3) is 4.45. The van der Waals surface area contributed by atoms with E-state index in [1.54, 1.807) is 0 Å². The Bertz CT molecular complexity index is 810. The second-order valence-corrected chi connectivity index (χ2v) is 7.85. The van der Waals surface area contributed by atoms with E-state index in [2.05, 4.69) is 5.32 Å². The molecule has 0 unspecified atom stereocenters. The number of benzene rings is 2. The Morgan fingerprint density at radius 1 is 0.880 bits per heavy atom. The first-order chi connectivity index (χ1) is 12.1. The Morgan fingerprint density at radius 3 is 2.08 bits per heavy atom. The summed E-state index contributed by atoms with van der Waals surface area (Å²) in [5.41, 5.74) is 1.91. The van der Waals surface area contributed by atoms with Crippen molar-refractivity contribution in [3.8, 4) is 0 Å². The molecule has 0 aromatic heterocycles. The number of nitrogens with zero attached hydrogens (tertiary/aromatic N) is 2. The summed E-state index contributed by atoms with van der Waals surface area (Å²) < 4.78 is 27.8. The maximum atomic E-state index is 12.6. The van der Waals surface area contributed by atoms with E-state index in [-0.39, 0.29) is 12.5 Å². The van der Waals surface area contributed by atoms with Crippen molar-refractivity contribution in [2.75, 3.05) is 19.6 Å². The monoisotopic (exact) mass is 359 g/mol. The Kier molecular flexibility index (Phi) is 5.47. The normalized spacial score (nSPS) is 17.4. The summed E-state index contributed by atoms with van der Waals surface area (Å²) in [5, 5.41) is 2.76. The molecule has 1 saturated heterocycles. The molecule has 25 heavy (non-hydrogen) atoms. The number of hydrogen-bond donors (Lipinski definition) is 1. The molecule has 0 bridgehead atoms. The second kappa shape index (κ2) is 7.77. The first kappa shape index (κ1) is 17.6. The van der Waals surface area contributed by atoms with Gasteiger partial charge in [0.25, 0.3) is 10.2 Å².